The van der Waals surface area contributed by atoms with Crippen LogP contribution < -0.4 is 4.74 Å². The number of aromatic nitrogens is 2. The lowest BCUT2D eigenvalue weighted by Gasteiger charge is -2.08. The zero-order chi connectivity index (χ0) is 15.0. The molecule has 21 heavy (non-hydrogen) atoms. The summed E-state index contributed by atoms with van der Waals surface area (Å²) >= 11 is 0. The number of rotatable bonds is 3. The molecule has 0 amide bonds. The molecule has 0 saturated carbocycles. The lowest BCUT2D eigenvalue weighted by molar-refractivity contribution is -0.385. The van der Waals surface area contributed by atoms with E-state index in [1.807, 2.05) is 25.4 Å². The van der Waals surface area contributed by atoms with Gasteiger partial charge in [0.25, 0.3) is 5.69 Å². The first-order chi connectivity index (χ1) is 10.1. The van der Waals surface area contributed by atoms with Crippen LogP contribution in [-0.2, 0) is 7.05 Å². The predicted molar refractivity (Wildman–Crippen MR) is 73.8 cm³/mol. The van der Waals surface area contributed by atoms with E-state index >= 15 is 0 Å². The van der Waals surface area contributed by atoms with Gasteiger partial charge in [0, 0.05) is 30.9 Å². The lowest BCUT2D eigenvalue weighted by Crippen LogP contribution is -1.96. The first-order valence-corrected chi connectivity index (χ1v) is 6.08. The van der Waals surface area contributed by atoms with Gasteiger partial charge >= 0.3 is 0 Å². The number of hydrogen-bond donors (Lipinski definition) is 0. The first-order valence-electron chi connectivity index (χ1n) is 6.08. The molecule has 0 saturated heterocycles. The van der Waals surface area contributed by atoms with Crippen LogP contribution in [0, 0.1) is 15.9 Å². The smallest absolute Gasteiger partial charge is 0.272 e. The van der Waals surface area contributed by atoms with E-state index in [0.29, 0.717) is 0 Å². The molecule has 6 nitrogen and oxygen atoms in total. The van der Waals surface area contributed by atoms with Crippen molar-refractivity contribution in [3.8, 4) is 11.6 Å². The maximum Gasteiger partial charge on any atom is 0.272 e. The highest BCUT2D eigenvalue weighted by atomic mass is 19.1. The molecule has 3 aromatic rings. The zero-order valence-corrected chi connectivity index (χ0v) is 11.0. The number of pyridine rings is 1. The summed E-state index contributed by atoms with van der Waals surface area (Å²) in [7, 11) is 1.82. The highest BCUT2D eigenvalue weighted by Crippen LogP contribution is 2.30. The van der Waals surface area contributed by atoms with Crippen LogP contribution in [0.2, 0.25) is 0 Å². The van der Waals surface area contributed by atoms with Crippen LogP contribution in [0.15, 0.2) is 42.7 Å². The Hall–Kier alpha value is -2.96. The second-order valence-corrected chi connectivity index (χ2v) is 4.45. The molecular weight excluding hydrogens is 277 g/mol. The van der Waals surface area contributed by atoms with Crippen molar-refractivity contribution in [2.75, 3.05) is 0 Å². The molecule has 0 unspecified atom stereocenters. The van der Waals surface area contributed by atoms with E-state index in [0.717, 1.165) is 17.0 Å². The van der Waals surface area contributed by atoms with Crippen LogP contribution >= 0.6 is 0 Å². The number of non-ortho nitro benzene ring substituents is 1. The number of halogens is 1. The Balaban J connectivity index is 2.03. The summed E-state index contributed by atoms with van der Waals surface area (Å²) in [5, 5.41) is 11.5. The molecule has 0 atom stereocenters. The molecule has 0 N–H and O–H groups in total. The molecule has 2 heterocycles. The summed E-state index contributed by atoms with van der Waals surface area (Å²) in [6, 6.07) is 6.92. The number of nitrogens with zero attached hydrogens (tertiary/aromatic N) is 3. The summed E-state index contributed by atoms with van der Waals surface area (Å²) < 4.78 is 21.1. The van der Waals surface area contributed by atoms with Crippen LogP contribution in [0.3, 0.4) is 0 Å². The van der Waals surface area contributed by atoms with Gasteiger partial charge in [-0.15, -0.1) is 0 Å². The van der Waals surface area contributed by atoms with Crippen LogP contribution in [0.5, 0.6) is 11.6 Å². The summed E-state index contributed by atoms with van der Waals surface area (Å²) in [6.45, 7) is 0. The molecule has 0 aliphatic rings. The molecule has 0 spiro atoms. The van der Waals surface area contributed by atoms with Gasteiger partial charge in [0.05, 0.1) is 11.0 Å². The quantitative estimate of drug-likeness (QED) is 0.546. The second kappa shape index (κ2) is 4.86. The number of fused-ring (bicyclic) bond motifs is 1. The Bertz CT molecular complexity index is 845. The lowest BCUT2D eigenvalue weighted by atomic mass is 10.3. The maximum atomic E-state index is 13.9. The van der Waals surface area contributed by atoms with Gasteiger partial charge in [-0.25, -0.2) is 9.37 Å². The number of nitro groups is 1. The largest absolute Gasteiger partial charge is 0.434 e. The van der Waals surface area contributed by atoms with E-state index in [2.05, 4.69) is 4.98 Å². The molecular formula is C14H10FN3O3. The second-order valence-electron chi connectivity index (χ2n) is 4.45. The van der Waals surface area contributed by atoms with Crippen molar-refractivity contribution in [1.29, 1.82) is 0 Å². The summed E-state index contributed by atoms with van der Waals surface area (Å²) in [6.07, 6.45) is 3.40. The van der Waals surface area contributed by atoms with Gasteiger partial charge in [-0.3, -0.25) is 10.1 Å². The molecule has 0 aliphatic carbocycles. The topological polar surface area (TPSA) is 70.2 Å². The average molecular weight is 287 g/mol. The number of aryl methyl sites for hydroxylation is 1. The summed E-state index contributed by atoms with van der Waals surface area (Å²) in [5.41, 5.74) is 0.389. The molecule has 106 valence electrons. The highest BCUT2D eigenvalue weighted by molar-refractivity contribution is 5.84. The monoisotopic (exact) mass is 287 g/mol. The van der Waals surface area contributed by atoms with Crippen molar-refractivity contribution >= 4 is 16.6 Å². The van der Waals surface area contributed by atoms with Crippen molar-refractivity contribution in [2.24, 2.45) is 7.05 Å². The number of ether oxygens (including phenoxy) is 1. The van der Waals surface area contributed by atoms with Gasteiger partial charge in [0.1, 0.15) is 5.52 Å². The molecule has 1 aromatic carbocycles. The Kier molecular flexibility index (Phi) is 3.02. The van der Waals surface area contributed by atoms with Crippen molar-refractivity contribution in [1.82, 2.24) is 9.55 Å². The third-order valence-electron chi connectivity index (χ3n) is 3.09. The minimum Gasteiger partial charge on any atom is -0.434 e. The van der Waals surface area contributed by atoms with E-state index in [9.17, 15) is 14.5 Å². The Morgan fingerprint density at radius 1 is 1.33 bits per heavy atom. The normalized spacial score (nSPS) is 10.8. The van der Waals surface area contributed by atoms with Gasteiger partial charge in [-0.2, -0.15) is 0 Å². The fourth-order valence-corrected chi connectivity index (χ4v) is 2.07. The minimum absolute atomic E-state index is 0.109. The fourth-order valence-electron chi connectivity index (χ4n) is 2.07. The molecule has 3 rings (SSSR count). The van der Waals surface area contributed by atoms with Crippen LogP contribution in [-0.4, -0.2) is 14.5 Å². The predicted octanol–water partition coefficient (Wildman–Crippen LogP) is 3.41. The fraction of sp³-hybridized carbons (Fsp3) is 0.0714. The Morgan fingerprint density at radius 3 is 2.86 bits per heavy atom. The van der Waals surface area contributed by atoms with Gasteiger partial charge in [0.2, 0.25) is 5.88 Å². The van der Waals surface area contributed by atoms with Crippen molar-refractivity contribution in [2.45, 2.75) is 0 Å². The number of nitro benzene ring substituents is 1. The van der Waals surface area contributed by atoms with E-state index in [4.69, 9.17) is 4.74 Å². The number of benzene rings is 1. The maximum absolute atomic E-state index is 13.9. The van der Waals surface area contributed by atoms with E-state index in [-0.39, 0.29) is 17.3 Å². The molecule has 2 aromatic heterocycles. The van der Waals surface area contributed by atoms with Crippen molar-refractivity contribution in [3.63, 3.8) is 0 Å². The van der Waals surface area contributed by atoms with E-state index < -0.39 is 10.7 Å². The third kappa shape index (κ3) is 2.29. The van der Waals surface area contributed by atoms with E-state index in [1.165, 1.54) is 12.1 Å². The van der Waals surface area contributed by atoms with Crippen molar-refractivity contribution < 1.29 is 14.1 Å². The third-order valence-corrected chi connectivity index (χ3v) is 3.09. The summed E-state index contributed by atoms with van der Waals surface area (Å²) in [5.74, 6) is -0.674. The Labute approximate surface area is 118 Å². The van der Waals surface area contributed by atoms with Gasteiger partial charge in [-0.1, -0.05) is 0 Å². The molecule has 7 heteroatoms. The zero-order valence-electron chi connectivity index (χ0n) is 11.0. The van der Waals surface area contributed by atoms with Crippen LogP contribution in [0.25, 0.3) is 10.9 Å². The average Bonchev–Trinajstić information content (AvgIpc) is 2.83. The molecule has 0 bridgehead atoms. The Morgan fingerprint density at radius 2 is 2.14 bits per heavy atom. The first kappa shape index (κ1) is 13.0. The van der Waals surface area contributed by atoms with Gasteiger partial charge < -0.3 is 9.30 Å². The number of hydrogen-bond acceptors (Lipinski definition) is 4. The SMILES string of the molecule is Cn1ccc2ccnc(Oc3ccc([N+](=O)[O-])cc3F)c21. The standard InChI is InChI=1S/C14H10FN3O3/c1-17-7-5-9-4-6-16-14(13(9)17)21-12-3-2-10(18(19)20)8-11(12)15/h2-8H,1H3. The molecule has 0 fully saturated rings. The van der Waals surface area contributed by atoms with Crippen LogP contribution in [0.1, 0.15) is 0 Å². The summed E-state index contributed by atoms with van der Waals surface area (Å²) in [4.78, 5) is 14.0. The van der Waals surface area contributed by atoms with Gasteiger partial charge in [-0.05, 0) is 18.2 Å². The molecule has 0 radical (unpaired) electrons. The van der Waals surface area contributed by atoms with E-state index in [1.54, 1.807) is 10.8 Å². The van der Waals surface area contributed by atoms with Crippen LogP contribution in [0.4, 0.5) is 10.1 Å². The highest BCUT2D eigenvalue weighted by Gasteiger charge is 2.14. The van der Waals surface area contributed by atoms with Gasteiger partial charge in [0.15, 0.2) is 11.6 Å². The molecule has 0 aliphatic heterocycles. The minimum atomic E-state index is -0.808. The van der Waals surface area contributed by atoms with Crippen molar-refractivity contribution in [3.05, 3.63) is 58.7 Å².